The highest BCUT2D eigenvalue weighted by atomic mass is 19.1. The van der Waals surface area contributed by atoms with E-state index in [1.165, 1.54) is 10.7 Å². The molecule has 102 valence electrons. The quantitative estimate of drug-likeness (QED) is 0.727. The van der Waals surface area contributed by atoms with Gasteiger partial charge in [0.1, 0.15) is 11.2 Å². The second-order valence-electron chi connectivity index (χ2n) is 5.04. The Bertz CT molecular complexity index is 777. The normalized spacial score (nSPS) is 11.4. The van der Waals surface area contributed by atoms with Crippen molar-refractivity contribution in [3.63, 3.8) is 0 Å². The molecule has 0 aliphatic carbocycles. The molecule has 0 saturated heterocycles. The summed E-state index contributed by atoms with van der Waals surface area (Å²) in [7, 11) is 0. The van der Waals surface area contributed by atoms with E-state index in [0.29, 0.717) is 16.9 Å². The third-order valence-electron chi connectivity index (χ3n) is 3.28. The van der Waals surface area contributed by atoms with Crippen molar-refractivity contribution >= 4 is 16.6 Å². The molecule has 0 amide bonds. The summed E-state index contributed by atoms with van der Waals surface area (Å²) in [5.41, 5.74) is 7.99. The van der Waals surface area contributed by atoms with Crippen molar-refractivity contribution in [1.29, 1.82) is 0 Å². The van der Waals surface area contributed by atoms with Gasteiger partial charge in [-0.2, -0.15) is 5.10 Å². The minimum absolute atomic E-state index is 0.285. The van der Waals surface area contributed by atoms with E-state index in [4.69, 9.17) is 5.73 Å². The molecule has 0 spiro atoms. The van der Waals surface area contributed by atoms with Gasteiger partial charge in [-0.3, -0.25) is 4.98 Å². The fraction of sp³-hybridized carbons (Fsp3) is 0.200. The molecule has 2 heterocycles. The lowest BCUT2D eigenvalue weighted by Gasteiger charge is -2.09. The number of rotatable bonds is 2. The van der Waals surface area contributed by atoms with E-state index in [0.717, 1.165) is 11.1 Å². The second kappa shape index (κ2) is 4.59. The number of benzene rings is 1. The van der Waals surface area contributed by atoms with Gasteiger partial charge < -0.3 is 5.73 Å². The van der Waals surface area contributed by atoms with Crippen LogP contribution < -0.4 is 5.73 Å². The lowest BCUT2D eigenvalue weighted by Crippen LogP contribution is -2.04. The van der Waals surface area contributed by atoms with E-state index in [1.54, 1.807) is 18.5 Å². The molecule has 0 unspecified atom stereocenters. The largest absolute Gasteiger partial charge is 0.398 e. The van der Waals surface area contributed by atoms with Crippen molar-refractivity contribution in [3.05, 3.63) is 48.2 Å². The highest BCUT2D eigenvalue weighted by molar-refractivity contribution is 5.95. The Morgan fingerprint density at radius 2 is 2.10 bits per heavy atom. The highest BCUT2D eigenvalue weighted by Gasteiger charge is 2.15. The number of hydrogen-bond donors (Lipinski definition) is 1. The fourth-order valence-corrected chi connectivity index (χ4v) is 2.21. The van der Waals surface area contributed by atoms with Crippen LogP contribution in [0.25, 0.3) is 16.6 Å². The zero-order chi connectivity index (χ0) is 14.3. The topological polar surface area (TPSA) is 56.7 Å². The summed E-state index contributed by atoms with van der Waals surface area (Å²) in [4.78, 5) is 4.25. The number of halogens is 1. The maximum Gasteiger partial charge on any atom is 0.153 e. The van der Waals surface area contributed by atoms with Crippen molar-refractivity contribution in [2.45, 2.75) is 19.8 Å². The van der Waals surface area contributed by atoms with Crippen molar-refractivity contribution in [2.75, 3.05) is 5.73 Å². The summed E-state index contributed by atoms with van der Waals surface area (Å²) < 4.78 is 15.8. The number of pyridine rings is 1. The van der Waals surface area contributed by atoms with Crippen LogP contribution in [0.4, 0.5) is 10.1 Å². The Morgan fingerprint density at radius 3 is 2.80 bits per heavy atom. The Balaban J connectivity index is 2.29. The average molecular weight is 270 g/mol. The number of nitrogen functional groups attached to an aromatic ring is 1. The van der Waals surface area contributed by atoms with Crippen LogP contribution >= 0.6 is 0 Å². The first-order valence-electron chi connectivity index (χ1n) is 6.46. The van der Waals surface area contributed by atoms with Gasteiger partial charge in [-0.05, 0) is 30.2 Å². The summed E-state index contributed by atoms with van der Waals surface area (Å²) in [5, 5.41) is 5.14. The number of hydrogen-bond acceptors (Lipinski definition) is 3. The van der Waals surface area contributed by atoms with Gasteiger partial charge in [-0.25, -0.2) is 9.07 Å². The summed E-state index contributed by atoms with van der Waals surface area (Å²) >= 11 is 0. The summed E-state index contributed by atoms with van der Waals surface area (Å²) in [6.07, 6.45) is 3.37. The van der Waals surface area contributed by atoms with Gasteiger partial charge in [-0.1, -0.05) is 13.8 Å². The van der Waals surface area contributed by atoms with Crippen molar-refractivity contribution in [1.82, 2.24) is 14.8 Å². The number of fused-ring (bicyclic) bond motifs is 1. The smallest absolute Gasteiger partial charge is 0.153 e. The van der Waals surface area contributed by atoms with Crippen LogP contribution in [-0.2, 0) is 0 Å². The van der Waals surface area contributed by atoms with Crippen molar-refractivity contribution < 1.29 is 4.39 Å². The summed E-state index contributed by atoms with van der Waals surface area (Å²) in [6.45, 7) is 4.09. The van der Waals surface area contributed by atoms with E-state index in [9.17, 15) is 4.39 Å². The predicted octanol–water partition coefficient (Wildman–Crippen LogP) is 3.27. The molecule has 5 heteroatoms. The maximum absolute atomic E-state index is 14.3. The van der Waals surface area contributed by atoms with Gasteiger partial charge in [0.2, 0.25) is 0 Å². The molecule has 1 aromatic carbocycles. The molecule has 20 heavy (non-hydrogen) atoms. The van der Waals surface area contributed by atoms with Crippen LogP contribution in [0, 0.1) is 5.82 Å². The average Bonchev–Trinajstić information content (AvgIpc) is 2.88. The van der Waals surface area contributed by atoms with Crippen LogP contribution in [0.3, 0.4) is 0 Å². The Morgan fingerprint density at radius 1 is 1.30 bits per heavy atom. The van der Waals surface area contributed by atoms with Crippen molar-refractivity contribution in [3.8, 4) is 5.69 Å². The van der Waals surface area contributed by atoms with E-state index in [2.05, 4.69) is 10.1 Å². The number of anilines is 1. The van der Waals surface area contributed by atoms with E-state index < -0.39 is 5.82 Å². The van der Waals surface area contributed by atoms with E-state index in [-0.39, 0.29) is 5.92 Å². The Kier molecular flexibility index (Phi) is 2.89. The van der Waals surface area contributed by atoms with Gasteiger partial charge in [0.25, 0.3) is 0 Å². The first-order valence-corrected chi connectivity index (χ1v) is 6.46. The Hall–Kier alpha value is -2.43. The first-order chi connectivity index (χ1) is 9.58. The number of nitrogens with zero attached hydrogens (tertiary/aromatic N) is 3. The van der Waals surface area contributed by atoms with Crippen LogP contribution in [0.2, 0.25) is 0 Å². The molecular formula is C15H15FN4. The van der Waals surface area contributed by atoms with Crippen LogP contribution in [0.15, 0.2) is 36.7 Å². The first kappa shape index (κ1) is 12.6. The second-order valence-corrected chi connectivity index (χ2v) is 5.04. The molecule has 0 bridgehead atoms. The van der Waals surface area contributed by atoms with E-state index in [1.807, 2.05) is 26.0 Å². The van der Waals surface area contributed by atoms with Gasteiger partial charge in [-0.15, -0.1) is 0 Å². The van der Waals surface area contributed by atoms with Gasteiger partial charge in [0.05, 0.1) is 5.69 Å². The third-order valence-corrected chi connectivity index (χ3v) is 3.28. The number of aromatic nitrogens is 3. The predicted molar refractivity (Wildman–Crippen MR) is 77.3 cm³/mol. The zero-order valence-electron chi connectivity index (χ0n) is 11.3. The lowest BCUT2D eigenvalue weighted by molar-refractivity contribution is 0.611. The molecule has 3 aromatic rings. The van der Waals surface area contributed by atoms with Gasteiger partial charge in [0, 0.05) is 23.5 Å². The minimum atomic E-state index is -0.424. The molecular weight excluding hydrogens is 255 g/mol. The lowest BCUT2D eigenvalue weighted by atomic mass is 10.1. The summed E-state index contributed by atoms with van der Waals surface area (Å²) in [5.74, 6) is -0.139. The molecule has 4 nitrogen and oxygen atoms in total. The van der Waals surface area contributed by atoms with Crippen LogP contribution in [0.5, 0.6) is 0 Å². The fourth-order valence-electron chi connectivity index (χ4n) is 2.21. The number of nitrogens with two attached hydrogens (primary N) is 1. The SMILES string of the molecule is CC(C)c1ccn(-c2c(F)cc(N)c3cccnc23)n1. The monoisotopic (exact) mass is 270 g/mol. The third kappa shape index (κ3) is 1.91. The molecule has 0 saturated carbocycles. The standard InChI is InChI=1S/C15H15FN4/c1-9(2)13-5-7-20(19-13)15-11(16)8-12(17)10-4-3-6-18-14(10)15/h3-9H,17H2,1-2H3. The van der Waals surface area contributed by atoms with Gasteiger partial charge >= 0.3 is 0 Å². The molecule has 0 atom stereocenters. The summed E-state index contributed by atoms with van der Waals surface area (Å²) in [6, 6.07) is 6.81. The van der Waals surface area contributed by atoms with Gasteiger partial charge in [0.15, 0.2) is 5.82 Å². The van der Waals surface area contributed by atoms with E-state index >= 15 is 0 Å². The van der Waals surface area contributed by atoms with Crippen LogP contribution in [0.1, 0.15) is 25.5 Å². The molecule has 0 aliphatic rings. The van der Waals surface area contributed by atoms with Crippen LogP contribution in [-0.4, -0.2) is 14.8 Å². The maximum atomic E-state index is 14.3. The zero-order valence-corrected chi connectivity index (χ0v) is 11.3. The molecule has 0 radical (unpaired) electrons. The minimum Gasteiger partial charge on any atom is -0.398 e. The molecule has 0 aliphatic heterocycles. The highest BCUT2D eigenvalue weighted by Crippen LogP contribution is 2.28. The molecule has 3 rings (SSSR count). The van der Waals surface area contributed by atoms with Crippen molar-refractivity contribution in [2.24, 2.45) is 0 Å². The Labute approximate surface area is 116 Å². The molecule has 2 aromatic heterocycles. The molecule has 2 N–H and O–H groups in total. The molecule has 0 fully saturated rings.